The van der Waals surface area contributed by atoms with Crippen LogP contribution in [0, 0.1) is 11.7 Å². The number of ether oxygens (including phenoxy) is 2. The summed E-state index contributed by atoms with van der Waals surface area (Å²) in [5.74, 6) is 0.791. The number of nitrogen functional groups attached to an aromatic ring is 1. The van der Waals surface area contributed by atoms with E-state index >= 15 is 0 Å². The lowest BCUT2D eigenvalue weighted by Crippen LogP contribution is -2.45. The number of halogens is 1. The first kappa shape index (κ1) is 27.6. The number of amides is 1. The number of pyridine rings is 2. The number of carbonyl (C=O) groups is 1. The molecule has 1 amide bonds. The molecule has 3 heterocycles. The van der Waals surface area contributed by atoms with E-state index in [9.17, 15) is 9.18 Å². The van der Waals surface area contributed by atoms with Crippen molar-refractivity contribution in [2.24, 2.45) is 10.9 Å². The summed E-state index contributed by atoms with van der Waals surface area (Å²) in [5.41, 5.74) is 8.26. The van der Waals surface area contributed by atoms with Gasteiger partial charge in [0.2, 0.25) is 0 Å². The molecule has 3 aromatic rings. The van der Waals surface area contributed by atoms with Crippen molar-refractivity contribution in [2.75, 3.05) is 44.4 Å². The van der Waals surface area contributed by atoms with E-state index in [1.807, 2.05) is 43.9 Å². The molecule has 1 aliphatic carbocycles. The van der Waals surface area contributed by atoms with Gasteiger partial charge in [-0.1, -0.05) is 0 Å². The van der Waals surface area contributed by atoms with Gasteiger partial charge in [0.1, 0.15) is 11.4 Å². The number of hydrogen-bond donors (Lipinski definition) is 1. The van der Waals surface area contributed by atoms with Crippen molar-refractivity contribution in [3.63, 3.8) is 0 Å². The van der Waals surface area contributed by atoms with Crippen LogP contribution in [0.15, 0.2) is 35.3 Å². The fourth-order valence-corrected chi connectivity index (χ4v) is 5.10. The zero-order valence-electron chi connectivity index (χ0n) is 23.8. The first-order chi connectivity index (χ1) is 19.1. The number of hydrogen-bond acceptors (Lipinski definition) is 8. The third-order valence-electron chi connectivity index (χ3n) is 7.28. The van der Waals surface area contributed by atoms with Gasteiger partial charge in [0, 0.05) is 44.0 Å². The standard InChI is InChI=1S/C30H37FN6O3/c1-30(2,3)40-29(38)37(16-18-6-7-18)20-12-13-36(17-20)25-11-10-23-24(35-25)9-8-22(34-23)21-14-19(15-33-4)27(32)26(31)28(21)39-5/h8-11,14-15,18,20H,6-7,12-13,16-17,32H2,1-5H3. The summed E-state index contributed by atoms with van der Waals surface area (Å²) in [6, 6.07) is 9.32. The lowest BCUT2D eigenvalue weighted by molar-refractivity contribution is 0.0167. The highest BCUT2D eigenvalue weighted by molar-refractivity contribution is 5.92. The summed E-state index contributed by atoms with van der Waals surface area (Å²) < 4.78 is 26.1. The van der Waals surface area contributed by atoms with E-state index < -0.39 is 11.4 Å². The van der Waals surface area contributed by atoms with Gasteiger partial charge in [-0.05, 0) is 76.3 Å². The van der Waals surface area contributed by atoms with Crippen LogP contribution in [-0.4, -0.2) is 72.6 Å². The smallest absolute Gasteiger partial charge is 0.410 e. The van der Waals surface area contributed by atoms with Crippen molar-refractivity contribution in [3.05, 3.63) is 41.7 Å². The Kier molecular flexibility index (Phi) is 7.53. The Morgan fingerprint density at radius 3 is 2.60 bits per heavy atom. The van der Waals surface area contributed by atoms with Gasteiger partial charge < -0.3 is 25.0 Å². The molecule has 2 aliphatic rings. The van der Waals surface area contributed by atoms with E-state index in [2.05, 4.69) is 9.89 Å². The van der Waals surface area contributed by atoms with Gasteiger partial charge in [-0.2, -0.15) is 0 Å². The van der Waals surface area contributed by atoms with Crippen LogP contribution in [-0.2, 0) is 4.74 Å². The summed E-state index contributed by atoms with van der Waals surface area (Å²) >= 11 is 0. The maximum Gasteiger partial charge on any atom is 0.410 e. The highest BCUT2D eigenvalue weighted by Crippen LogP contribution is 2.37. The molecule has 1 saturated heterocycles. The van der Waals surface area contributed by atoms with Crippen molar-refractivity contribution in [3.8, 4) is 17.0 Å². The number of rotatable bonds is 7. The van der Waals surface area contributed by atoms with Gasteiger partial charge in [-0.15, -0.1) is 0 Å². The molecule has 1 unspecified atom stereocenters. The molecule has 9 nitrogen and oxygen atoms in total. The second-order valence-electron chi connectivity index (χ2n) is 11.5. The highest BCUT2D eigenvalue weighted by atomic mass is 19.1. The van der Waals surface area contributed by atoms with E-state index in [4.69, 9.17) is 25.2 Å². The van der Waals surface area contributed by atoms with Crippen LogP contribution in [0.2, 0.25) is 0 Å². The van der Waals surface area contributed by atoms with E-state index in [1.165, 1.54) is 26.2 Å². The number of anilines is 2. The molecular formula is C30H37FN6O3. The largest absolute Gasteiger partial charge is 0.493 e. The van der Waals surface area contributed by atoms with Crippen molar-refractivity contribution in [1.29, 1.82) is 0 Å². The van der Waals surface area contributed by atoms with Gasteiger partial charge in [-0.25, -0.2) is 19.2 Å². The van der Waals surface area contributed by atoms with Crippen LogP contribution in [0.1, 0.15) is 45.6 Å². The molecule has 212 valence electrons. The predicted molar refractivity (Wildman–Crippen MR) is 156 cm³/mol. The number of aliphatic imine (C=N–C) groups is 1. The molecule has 2 aromatic heterocycles. The molecular weight excluding hydrogens is 511 g/mol. The monoisotopic (exact) mass is 548 g/mol. The number of benzene rings is 1. The van der Waals surface area contributed by atoms with Crippen LogP contribution in [0.3, 0.4) is 0 Å². The molecule has 40 heavy (non-hydrogen) atoms. The van der Waals surface area contributed by atoms with E-state index in [0.717, 1.165) is 30.8 Å². The van der Waals surface area contributed by atoms with Crippen molar-refractivity contribution >= 4 is 34.8 Å². The first-order valence-corrected chi connectivity index (χ1v) is 13.7. The second-order valence-corrected chi connectivity index (χ2v) is 11.5. The first-order valence-electron chi connectivity index (χ1n) is 13.7. The zero-order valence-corrected chi connectivity index (χ0v) is 23.8. The molecule has 0 radical (unpaired) electrons. The number of fused-ring (bicyclic) bond motifs is 1. The van der Waals surface area contributed by atoms with Crippen molar-refractivity contribution in [2.45, 2.75) is 51.7 Å². The fraction of sp³-hybridized carbons (Fsp3) is 0.467. The van der Waals surface area contributed by atoms with Gasteiger partial charge in [0.25, 0.3) is 0 Å². The number of nitrogens with zero attached hydrogens (tertiary/aromatic N) is 5. The average Bonchev–Trinajstić information content (AvgIpc) is 3.61. The Labute approximate surface area is 234 Å². The third-order valence-corrected chi connectivity index (χ3v) is 7.28. The summed E-state index contributed by atoms with van der Waals surface area (Å²) in [6.45, 7) is 7.93. The van der Waals surface area contributed by atoms with Gasteiger partial charge >= 0.3 is 6.09 Å². The maximum absolute atomic E-state index is 15.0. The SMILES string of the molecule is CN=Cc1cc(-c2ccc3nc(N4CCC(N(CC5CC5)C(=O)OC(C)(C)C)C4)ccc3n2)c(OC)c(F)c1N. The molecule has 10 heteroatoms. The quantitative estimate of drug-likeness (QED) is 0.315. The Morgan fingerprint density at radius 2 is 1.93 bits per heavy atom. The molecule has 1 atom stereocenters. The second kappa shape index (κ2) is 10.9. The van der Waals surface area contributed by atoms with Gasteiger partial charge in [-0.3, -0.25) is 4.99 Å². The van der Waals surface area contributed by atoms with E-state index in [0.29, 0.717) is 34.8 Å². The number of carbonyl (C=O) groups excluding carboxylic acids is 1. The van der Waals surface area contributed by atoms with Crippen LogP contribution < -0.4 is 15.4 Å². The summed E-state index contributed by atoms with van der Waals surface area (Å²) in [6.07, 6.45) is 4.46. The molecule has 1 aliphatic heterocycles. The topological polar surface area (TPSA) is 106 Å². The third kappa shape index (κ3) is 5.80. The molecule has 2 N–H and O–H groups in total. The van der Waals surface area contributed by atoms with Crippen LogP contribution >= 0.6 is 0 Å². The highest BCUT2D eigenvalue weighted by Gasteiger charge is 2.37. The van der Waals surface area contributed by atoms with Crippen molar-refractivity contribution < 1.29 is 18.7 Å². The minimum Gasteiger partial charge on any atom is -0.493 e. The Balaban J connectivity index is 1.38. The lowest BCUT2D eigenvalue weighted by atomic mass is 10.0. The Bertz CT molecular complexity index is 1450. The van der Waals surface area contributed by atoms with E-state index in [1.54, 1.807) is 19.2 Å². The van der Waals surface area contributed by atoms with Crippen LogP contribution in [0.25, 0.3) is 22.3 Å². The molecule has 1 aromatic carbocycles. The molecule has 1 saturated carbocycles. The van der Waals surface area contributed by atoms with Crippen LogP contribution in [0.4, 0.5) is 20.7 Å². The molecule has 0 bridgehead atoms. The fourth-order valence-electron chi connectivity index (χ4n) is 5.10. The summed E-state index contributed by atoms with van der Waals surface area (Å²) in [4.78, 5) is 30.8. The van der Waals surface area contributed by atoms with Crippen molar-refractivity contribution in [1.82, 2.24) is 14.9 Å². The zero-order chi connectivity index (χ0) is 28.6. The van der Waals surface area contributed by atoms with Gasteiger partial charge in [0.05, 0.1) is 35.6 Å². The summed E-state index contributed by atoms with van der Waals surface area (Å²) in [5, 5.41) is 0. The predicted octanol–water partition coefficient (Wildman–Crippen LogP) is 5.30. The number of aromatic nitrogens is 2. The summed E-state index contributed by atoms with van der Waals surface area (Å²) in [7, 11) is 3.01. The normalized spacial score (nSPS) is 17.6. The molecule has 0 spiro atoms. The van der Waals surface area contributed by atoms with Crippen LogP contribution in [0.5, 0.6) is 5.75 Å². The Morgan fingerprint density at radius 1 is 1.20 bits per heavy atom. The average molecular weight is 549 g/mol. The minimum atomic E-state index is -0.643. The van der Waals surface area contributed by atoms with Gasteiger partial charge in [0.15, 0.2) is 11.6 Å². The molecule has 2 fully saturated rings. The minimum absolute atomic E-state index is 0.0235. The molecule has 5 rings (SSSR count). The maximum atomic E-state index is 15.0. The Hall–Kier alpha value is -3.95. The lowest BCUT2D eigenvalue weighted by Gasteiger charge is -2.32. The number of methoxy groups -OCH3 is 1. The van der Waals surface area contributed by atoms with E-state index in [-0.39, 0.29) is 23.6 Å². The number of nitrogens with two attached hydrogens (primary N) is 1.